The van der Waals surface area contributed by atoms with Crippen molar-refractivity contribution in [3.8, 4) is 5.69 Å². The fourth-order valence-corrected chi connectivity index (χ4v) is 2.91. The minimum absolute atomic E-state index is 0.00853. The van der Waals surface area contributed by atoms with Crippen LogP contribution in [0, 0.1) is 6.92 Å². The summed E-state index contributed by atoms with van der Waals surface area (Å²) in [5, 5.41) is 7.80. The third-order valence-electron chi connectivity index (χ3n) is 3.99. The first kappa shape index (κ1) is 15.6. The van der Waals surface area contributed by atoms with E-state index >= 15 is 0 Å². The molecule has 2 aromatic rings. The quantitative estimate of drug-likeness (QED) is 0.938. The van der Waals surface area contributed by atoms with Crippen LogP contribution in [0.2, 0.25) is 5.02 Å². The van der Waals surface area contributed by atoms with E-state index < -0.39 is 6.04 Å². The van der Waals surface area contributed by atoms with Crippen molar-refractivity contribution in [2.75, 3.05) is 12.4 Å². The highest BCUT2D eigenvalue weighted by Gasteiger charge is 2.33. The second-order valence-corrected chi connectivity index (χ2v) is 6.05. The van der Waals surface area contributed by atoms with Gasteiger partial charge in [-0.2, -0.15) is 0 Å². The maximum Gasteiger partial charge on any atom is 0.248 e. The number of benzene rings is 1. The Morgan fingerprint density at radius 2 is 2.17 bits per heavy atom. The molecule has 7 heteroatoms. The topological polar surface area (TPSA) is 67.2 Å². The molecule has 1 aliphatic heterocycles. The second-order valence-electron chi connectivity index (χ2n) is 5.61. The van der Waals surface area contributed by atoms with E-state index in [-0.39, 0.29) is 11.8 Å². The molecule has 1 N–H and O–H groups in total. The SMILES string of the molecule is Cc1cc(NC(=O)C2CCC(=O)N2C)nn1-c1cccc(Cl)c1. The van der Waals surface area contributed by atoms with Crippen LogP contribution in [-0.4, -0.2) is 39.6 Å². The van der Waals surface area contributed by atoms with E-state index in [0.29, 0.717) is 23.7 Å². The Morgan fingerprint density at radius 3 is 2.83 bits per heavy atom. The molecule has 6 nitrogen and oxygen atoms in total. The van der Waals surface area contributed by atoms with Crippen LogP contribution in [0.4, 0.5) is 5.82 Å². The van der Waals surface area contributed by atoms with Gasteiger partial charge in [-0.25, -0.2) is 4.68 Å². The highest BCUT2D eigenvalue weighted by molar-refractivity contribution is 6.30. The summed E-state index contributed by atoms with van der Waals surface area (Å²) < 4.78 is 1.71. The molecule has 1 aromatic heterocycles. The third kappa shape index (κ3) is 3.07. The molecule has 3 rings (SSSR count). The Bertz CT molecular complexity index is 771. The van der Waals surface area contributed by atoms with E-state index in [1.807, 2.05) is 19.1 Å². The number of likely N-dealkylation sites (tertiary alicyclic amines) is 1. The number of aromatic nitrogens is 2. The number of carbonyl (C=O) groups is 2. The lowest BCUT2D eigenvalue weighted by Gasteiger charge is -2.18. The highest BCUT2D eigenvalue weighted by atomic mass is 35.5. The molecule has 1 aliphatic rings. The van der Waals surface area contributed by atoms with Gasteiger partial charge < -0.3 is 10.2 Å². The predicted octanol–water partition coefficient (Wildman–Crippen LogP) is 2.39. The van der Waals surface area contributed by atoms with Gasteiger partial charge in [-0.3, -0.25) is 9.59 Å². The van der Waals surface area contributed by atoms with Crippen LogP contribution < -0.4 is 5.32 Å². The number of amides is 2. The Balaban J connectivity index is 1.79. The van der Waals surface area contributed by atoms with Gasteiger partial charge >= 0.3 is 0 Å². The minimum atomic E-state index is -0.431. The Kier molecular flexibility index (Phi) is 4.09. The van der Waals surface area contributed by atoms with Gasteiger partial charge in [-0.05, 0) is 31.5 Å². The molecule has 120 valence electrons. The number of nitrogens with zero attached hydrogens (tertiary/aromatic N) is 3. The summed E-state index contributed by atoms with van der Waals surface area (Å²) >= 11 is 6.01. The fraction of sp³-hybridized carbons (Fsp3) is 0.312. The Morgan fingerprint density at radius 1 is 1.39 bits per heavy atom. The van der Waals surface area contributed by atoms with E-state index in [2.05, 4.69) is 10.4 Å². The standard InChI is InChI=1S/C16H17ClN4O2/c1-10-8-14(18-16(23)13-6-7-15(22)20(13)2)19-21(10)12-5-3-4-11(17)9-12/h3-5,8-9,13H,6-7H2,1-2H3,(H,18,19,23). The molecule has 1 aromatic carbocycles. The Labute approximate surface area is 139 Å². The van der Waals surface area contributed by atoms with E-state index in [9.17, 15) is 9.59 Å². The van der Waals surface area contributed by atoms with Crippen molar-refractivity contribution < 1.29 is 9.59 Å². The number of hydrogen-bond acceptors (Lipinski definition) is 3. The van der Waals surface area contributed by atoms with Crippen molar-refractivity contribution in [1.82, 2.24) is 14.7 Å². The molecule has 1 saturated heterocycles. The van der Waals surface area contributed by atoms with Gasteiger partial charge in [0, 0.05) is 30.3 Å². The zero-order valence-electron chi connectivity index (χ0n) is 12.9. The number of likely N-dealkylation sites (N-methyl/N-ethyl adjacent to an activating group) is 1. The van der Waals surface area contributed by atoms with Crippen LogP contribution in [0.3, 0.4) is 0 Å². The number of halogens is 1. The van der Waals surface area contributed by atoms with Crippen LogP contribution in [0.1, 0.15) is 18.5 Å². The lowest BCUT2D eigenvalue weighted by atomic mass is 10.2. The normalized spacial score (nSPS) is 17.6. The number of aryl methyl sites for hydroxylation is 1. The van der Waals surface area contributed by atoms with E-state index in [0.717, 1.165) is 11.4 Å². The van der Waals surface area contributed by atoms with Crippen molar-refractivity contribution in [2.45, 2.75) is 25.8 Å². The van der Waals surface area contributed by atoms with Crippen LogP contribution in [-0.2, 0) is 9.59 Å². The van der Waals surface area contributed by atoms with Crippen molar-refractivity contribution in [3.05, 3.63) is 41.0 Å². The number of nitrogens with one attached hydrogen (secondary N) is 1. The second kappa shape index (κ2) is 6.04. The van der Waals surface area contributed by atoms with Crippen molar-refractivity contribution in [3.63, 3.8) is 0 Å². The molecule has 0 spiro atoms. The Hall–Kier alpha value is -2.34. The van der Waals surface area contributed by atoms with Gasteiger partial charge in [-0.1, -0.05) is 17.7 Å². The molecule has 0 saturated carbocycles. The van der Waals surface area contributed by atoms with E-state index in [1.54, 1.807) is 29.9 Å². The van der Waals surface area contributed by atoms with Crippen LogP contribution in [0.15, 0.2) is 30.3 Å². The van der Waals surface area contributed by atoms with Gasteiger partial charge in [0.15, 0.2) is 5.82 Å². The zero-order chi connectivity index (χ0) is 16.6. The van der Waals surface area contributed by atoms with Gasteiger partial charge in [0.1, 0.15) is 6.04 Å². The molecule has 0 radical (unpaired) electrons. The first-order valence-corrected chi connectivity index (χ1v) is 7.72. The van der Waals surface area contributed by atoms with Crippen molar-refractivity contribution >= 4 is 29.2 Å². The summed E-state index contributed by atoms with van der Waals surface area (Å²) in [4.78, 5) is 25.3. The monoisotopic (exact) mass is 332 g/mol. The molecule has 23 heavy (non-hydrogen) atoms. The van der Waals surface area contributed by atoms with E-state index in [1.165, 1.54) is 4.90 Å². The first-order valence-electron chi connectivity index (χ1n) is 7.35. The van der Waals surface area contributed by atoms with E-state index in [4.69, 9.17) is 11.6 Å². The summed E-state index contributed by atoms with van der Waals surface area (Å²) in [5.74, 6) is 0.236. The molecule has 1 unspecified atom stereocenters. The minimum Gasteiger partial charge on any atom is -0.334 e. The maximum absolute atomic E-state index is 12.3. The summed E-state index contributed by atoms with van der Waals surface area (Å²) in [6.45, 7) is 1.90. The van der Waals surface area contributed by atoms with Crippen molar-refractivity contribution in [2.24, 2.45) is 0 Å². The predicted molar refractivity (Wildman–Crippen MR) is 87.7 cm³/mol. The summed E-state index contributed by atoms with van der Waals surface area (Å²) in [6.07, 6.45) is 0.944. The molecule has 0 bridgehead atoms. The number of anilines is 1. The molecule has 1 atom stereocenters. The highest BCUT2D eigenvalue weighted by Crippen LogP contribution is 2.21. The zero-order valence-corrected chi connectivity index (χ0v) is 13.7. The van der Waals surface area contributed by atoms with Crippen LogP contribution in [0.5, 0.6) is 0 Å². The number of rotatable bonds is 3. The summed E-state index contributed by atoms with van der Waals surface area (Å²) in [5.41, 5.74) is 1.70. The lowest BCUT2D eigenvalue weighted by Crippen LogP contribution is -2.39. The smallest absolute Gasteiger partial charge is 0.248 e. The molecule has 2 amide bonds. The molecule has 0 aliphatic carbocycles. The van der Waals surface area contributed by atoms with Gasteiger partial charge in [-0.15, -0.1) is 5.10 Å². The number of carbonyl (C=O) groups excluding carboxylic acids is 2. The van der Waals surface area contributed by atoms with Gasteiger partial charge in [0.2, 0.25) is 11.8 Å². The third-order valence-corrected chi connectivity index (χ3v) is 4.22. The average molecular weight is 333 g/mol. The summed E-state index contributed by atoms with van der Waals surface area (Å²) in [7, 11) is 1.65. The number of hydrogen-bond donors (Lipinski definition) is 1. The molecular weight excluding hydrogens is 316 g/mol. The molecule has 1 fully saturated rings. The first-order chi connectivity index (χ1) is 11.0. The van der Waals surface area contributed by atoms with Crippen LogP contribution in [0.25, 0.3) is 5.69 Å². The fourth-order valence-electron chi connectivity index (χ4n) is 2.73. The molecular formula is C16H17ClN4O2. The van der Waals surface area contributed by atoms with Gasteiger partial charge in [0.25, 0.3) is 0 Å². The average Bonchev–Trinajstić information content (AvgIpc) is 3.03. The molecule has 2 heterocycles. The van der Waals surface area contributed by atoms with Crippen molar-refractivity contribution in [1.29, 1.82) is 0 Å². The van der Waals surface area contributed by atoms with Crippen LogP contribution >= 0.6 is 11.6 Å². The summed E-state index contributed by atoms with van der Waals surface area (Å²) in [6, 6.07) is 8.68. The lowest BCUT2D eigenvalue weighted by molar-refractivity contribution is -0.131. The maximum atomic E-state index is 12.3. The largest absolute Gasteiger partial charge is 0.334 e. The van der Waals surface area contributed by atoms with Gasteiger partial charge in [0.05, 0.1) is 5.69 Å².